The molecule has 0 fully saturated rings. The first kappa shape index (κ1) is 22.0. The van der Waals surface area contributed by atoms with Crippen molar-refractivity contribution in [3.8, 4) is 12.1 Å². The van der Waals surface area contributed by atoms with Crippen LogP contribution < -0.4 is 20.5 Å². The Labute approximate surface area is 197 Å². The molecule has 0 aliphatic carbocycles. The molecule has 0 radical (unpaired) electrons. The van der Waals surface area contributed by atoms with Crippen LogP contribution in [-0.4, -0.2) is 17.1 Å². The van der Waals surface area contributed by atoms with Crippen molar-refractivity contribution in [3.63, 3.8) is 0 Å². The van der Waals surface area contributed by atoms with Gasteiger partial charge in [-0.1, -0.05) is 24.3 Å². The van der Waals surface area contributed by atoms with Crippen LogP contribution in [0.4, 0.5) is 0 Å². The molecule has 0 unspecified atom stereocenters. The zero-order valence-electron chi connectivity index (χ0n) is 17.3. The molecule has 4 rings (SSSR count). The summed E-state index contributed by atoms with van der Waals surface area (Å²) in [5.74, 6) is -0.522. The van der Waals surface area contributed by atoms with Gasteiger partial charge in [0.15, 0.2) is 0 Å². The van der Waals surface area contributed by atoms with Crippen LogP contribution >= 0.6 is 34.9 Å². The molecule has 0 amide bonds. The first-order valence-corrected chi connectivity index (χ1v) is 12.8. The number of aromatic nitrogens is 1. The maximum Gasteiger partial charge on any atom is 0.274 e. The molecule has 0 saturated heterocycles. The smallest absolute Gasteiger partial charge is 0.274 e. The molecule has 1 aliphatic heterocycles. The lowest BCUT2D eigenvalue weighted by molar-refractivity contribution is 0.905. The van der Waals surface area contributed by atoms with Crippen molar-refractivity contribution < 1.29 is 0 Å². The lowest BCUT2D eigenvalue weighted by Gasteiger charge is -2.22. The number of fused-ring (bicyclic) bond motifs is 1. The summed E-state index contributed by atoms with van der Waals surface area (Å²) in [4.78, 5) is 15.4. The summed E-state index contributed by atoms with van der Waals surface area (Å²) in [5, 5.41) is 19.9. The molecule has 0 bridgehead atoms. The van der Waals surface area contributed by atoms with Gasteiger partial charge in [0.1, 0.15) is 10.5 Å². The summed E-state index contributed by atoms with van der Waals surface area (Å²) < 4.78 is 2.24. The van der Waals surface area contributed by atoms with E-state index in [9.17, 15) is 15.3 Å². The Kier molecular flexibility index (Phi) is 6.29. The Morgan fingerprint density at radius 2 is 1.53 bits per heavy atom. The van der Waals surface area contributed by atoms with E-state index >= 15 is 0 Å². The summed E-state index contributed by atoms with van der Waals surface area (Å²) in [5.41, 5.74) is 8.24. The fraction of sp³-hybridized carbons (Fsp3) is 0.125. The standard InChI is InChI=1S/C24H18N4OS3/c1-30-16-7-3-14(4-8-16)11-20-23(29)28-22(27)18(12-25)21(19(13-26)24(28)32-20)15-5-9-17(31-2)10-6-15/h3-11,21H,27H2,1-2H3/b20-11+/t21-/m0/s1. The number of nitriles is 2. The second-order valence-corrected chi connectivity index (χ2v) is 9.76. The number of thioether (sulfide) groups is 2. The molecule has 5 nitrogen and oxygen atoms in total. The average molecular weight is 475 g/mol. The Bertz CT molecular complexity index is 1480. The number of allylic oxidation sites excluding steroid dienone is 1. The van der Waals surface area contributed by atoms with Gasteiger partial charge >= 0.3 is 0 Å². The van der Waals surface area contributed by atoms with Gasteiger partial charge in [-0.15, -0.1) is 34.9 Å². The molecule has 2 heterocycles. The lowest BCUT2D eigenvalue weighted by Crippen LogP contribution is -2.38. The van der Waals surface area contributed by atoms with Gasteiger partial charge < -0.3 is 5.73 Å². The van der Waals surface area contributed by atoms with Gasteiger partial charge in [-0.25, -0.2) is 0 Å². The molecule has 0 saturated carbocycles. The van der Waals surface area contributed by atoms with Crippen LogP contribution in [-0.2, 0) is 0 Å². The van der Waals surface area contributed by atoms with E-state index in [1.54, 1.807) is 29.6 Å². The minimum absolute atomic E-state index is 0.0825. The Morgan fingerprint density at radius 1 is 0.969 bits per heavy atom. The van der Waals surface area contributed by atoms with E-state index in [1.807, 2.05) is 61.0 Å². The normalized spacial score (nSPS) is 15.9. The van der Waals surface area contributed by atoms with E-state index in [0.29, 0.717) is 14.8 Å². The molecule has 3 aromatic rings. The third-order valence-electron chi connectivity index (χ3n) is 5.25. The fourth-order valence-corrected chi connectivity index (χ4v) is 5.58. The molecule has 8 heteroatoms. The van der Waals surface area contributed by atoms with Gasteiger partial charge in [-0.2, -0.15) is 10.5 Å². The number of hydrogen-bond acceptors (Lipinski definition) is 7. The molecular weight excluding hydrogens is 456 g/mol. The largest absolute Gasteiger partial charge is 0.384 e. The Morgan fingerprint density at radius 3 is 2.06 bits per heavy atom. The van der Waals surface area contributed by atoms with E-state index < -0.39 is 5.92 Å². The zero-order chi connectivity index (χ0) is 22.8. The third-order valence-corrected chi connectivity index (χ3v) is 7.85. The maximum absolute atomic E-state index is 13.2. The van der Waals surface area contributed by atoms with Crippen LogP contribution in [0.1, 0.15) is 17.0 Å². The second kappa shape index (κ2) is 9.13. The molecule has 158 valence electrons. The van der Waals surface area contributed by atoms with E-state index in [2.05, 4.69) is 12.1 Å². The predicted octanol–water partition coefficient (Wildman–Crippen LogP) is 3.30. The maximum atomic E-state index is 13.2. The van der Waals surface area contributed by atoms with Crippen molar-refractivity contribution in [2.45, 2.75) is 15.7 Å². The summed E-state index contributed by atoms with van der Waals surface area (Å²) in [6.07, 6.45) is 5.78. The van der Waals surface area contributed by atoms with Gasteiger partial charge in [0.25, 0.3) is 5.56 Å². The number of thiazole rings is 1. The molecule has 0 spiro atoms. The highest BCUT2D eigenvalue weighted by Gasteiger charge is 2.32. The van der Waals surface area contributed by atoms with Gasteiger partial charge in [0.2, 0.25) is 0 Å². The van der Waals surface area contributed by atoms with Gasteiger partial charge in [0, 0.05) is 9.79 Å². The SMILES string of the molecule is CSc1ccc(/C=c2/sc3n(c2=O)C(N)=C(C#N)[C@H](c2ccc(SC)cc2)C=3C#N)cc1. The number of benzene rings is 2. The summed E-state index contributed by atoms with van der Waals surface area (Å²) in [6.45, 7) is 0. The van der Waals surface area contributed by atoms with Crippen LogP contribution in [0.15, 0.2) is 68.7 Å². The minimum atomic E-state index is -0.604. The molecule has 32 heavy (non-hydrogen) atoms. The van der Waals surface area contributed by atoms with Crippen LogP contribution in [0.2, 0.25) is 0 Å². The first-order chi connectivity index (χ1) is 15.5. The molecule has 2 aromatic carbocycles. The highest BCUT2D eigenvalue weighted by molar-refractivity contribution is 7.98. The Balaban J connectivity index is 1.97. The summed E-state index contributed by atoms with van der Waals surface area (Å²) in [6, 6.07) is 20.0. The van der Waals surface area contributed by atoms with E-state index in [0.717, 1.165) is 20.9 Å². The van der Waals surface area contributed by atoms with Crippen LogP contribution in [0, 0.1) is 22.7 Å². The van der Waals surface area contributed by atoms with E-state index in [-0.39, 0.29) is 17.0 Å². The van der Waals surface area contributed by atoms with Crippen LogP contribution in [0.5, 0.6) is 0 Å². The minimum Gasteiger partial charge on any atom is -0.384 e. The van der Waals surface area contributed by atoms with Crippen molar-refractivity contribution in [2.24, 2.45) is 5.73 Å². The van der Waals surface area contributed by atoms with Gasteiger partial charge in [-0.3, -0.25) is 9.36 Å². The average Bonchev–Trinajstić information content (AvgIpc) is 3.15. The number of nitrogens with two attached hydrogens (primary N) is 1. The quantitative estimate of drug-likeness (QED) is 0.583. The summed E-state index contributed by atoms with van der Waals surface area (Å²) >= 11 is 4.48. The summed E-state index contributed by atoms with van der Waals surface area (Å²) in [7, 11) is 0. The molecule has 2 N–H and O–H groups in total. The lowest BCUT2D eigenvalue weighted by atomic mass is 9.84. The zero-order valence-corrected chi connectivity index (χ0v) is 19.8. The highest BCUT2D eigenvalue weighted by atomic mass is 32.2. The highest BCUT2D eigenvalue weighted by Crippen LogP contribution is 2.36. The monoisotopic (exact) mass is 474 g/mol. The number of nitrogens with zero attached hydrogens (tertiary/aromatic N) is 3. The topological polar surface area (TPSA) is 95.6 Å². The van der Waals surface area contributed by atoms with Crippen LogP contribution in [0.3, 0.4) is 0 Å². The van der Waals surface area contributed by atoms with Crippen LogP contribution in [0.25, 0.3) is 17.5 Å². The van der Waals surface area contributed by atoms with Crippen molar-refractivity contribution in [1.29, 1.82) is 10.5 Å². The molecule has 1 atom stereocenters. The van der Waals surface area contributed by atoms with Crippen molar-refractivity contribution in [2.75, 3.05) is 12.5 Å². The van der Waals surface area contributed by atoms with E-state index in [4.69, 9.17) is 5.73 Å². The van der Waals surface area contributed by atoms with Gasteiger partial charge in [0.05, 0.1) is 33.7 Å². The second-order valence-electron chi connectivity index (χ2n) is 6.97. The molecular formula is C24H18N4OS3. The first-order valence-electron chi connectivity index (χ1n) is 9.58. The molecule has 1 aromatic heterocycles. The molecule has 1 aliphatic rings. The number of rotatable bonds is 4. The fourth-order valence-electron chi connectivity index (χ4n) is 3.63. The van der Waals surface area contributed by atoms with E-state index in [1.165, 1.54) is 15.9 Å². The van der Waals surface area contributed by atoms with Crippen molar-refractivity contribution >= 4 is 52.3 Å². The van der Waals surface area contributed by atoms with Crippen molar-refractivity contribution in [1.82, 2.24) is 4.57 Å². The van der Waals surface area contributed by atoms with Gasteiger partial charge in [-0.05, 0) is 54.0 Å². The predicted molar refractivity (Wildman–Crippen MR) is 133 cm³/mol. The van der Waals surface area contributed by atoms with Crippen molar-refractivity contribution in [3.05, 3.63) is 84.8 Å². The Hall–Kier alpha value is -3.17. The number of hydrogen-bond donors (Lipinski definition) is 1. The third kappa shape index (κ3) is 3.78.